The van der Waals surface area contributed by atoms with Gasteiger partial charge in [-0.3, -0.25) is 9.71 Å². The molecule has 140 valence electrons. The topological polar surface area (TPSA) is 122 Å². The first-order valence-corrected chi connectivity index (χ1v) is 9.56. The smallest absolute Gasteiger partial charge is 0.298 e. The lowest BCUT2D eigenvalue weighted by molar-refractivity contribution is 0.195. The first-order chi connectivity index (χ1) is 11.4. The van der Waals surface area contributed by atoms with E-state index in [1.807, 2.05) is 0 Å². The quantitative estimate of drug-likeness (QED) is 0.237. The molecule has 0 spiro atoms. The zero-order valence-electron chi connectivity index (χ0n) is 14.1. The van der Waals surface area contributed by atoms with Gasteiger partial charge in [0.1, 0.15) is 12.9 Å². The molecule has 0 radical (unpaired) electrons. The Kier molecular flexibility index (Phi) is 12.7. The molecule has 0 rings (SSSR count). The fourth-order valence-electron chi connectivity index (χ4n) is 1.43. The fourth-order valence-corrected chi connectivity index (χ4v) is 3.22. The number of allylic oxidation sites excluding steroid dienone is 1. The van der Waals surface area contributed by atoms with Crippen molar-refractivity contribution in [2.45, 2.75) is 19.8 Å². The van der Waals surface area contributed by atoms with Crippen LogP contribution in [0.3, 0.4) is 0 Å². The lowest BCUT2D eigenvalue weighted by Crippen LogP contribution is -2.37. The highest BCUT2D eigenvalue weighted by molar-refractivity contribution is 9.12. The molecule has 0 heterocycles. The first kappa shape index (κ1) is 23.0. The van der Waals surface area contributed by atoms with Crippen molar-refractivity contribution in [1.82, 2.24) is 9.44 Å². The second-order valence-corrected chi connectivity index (χ2v) is 6.66. The van der Waals surface area contributed by atoms with Crippen molar-refractivity contribution in [3.8, 4) is 0 Å². The number of methoxy groups -OCH3 is 1. The molecular weight excluding hydrogens is 404 g/mol. The molecule has 11 heteroatoms. The number of nitrogens with zero attached hydrogens (tertiary/aromatic N) is 2. The van der Waals surface area contributed by atoms with E-state index in [2.05, 4.69) is 35.4 Å². The van der Waals surface area contributed by atoms with Crippen LogP contribution in [-0.2, 0) is 19.7 Å². The van der Waals surface area contributed by atoms with Crippen molar-refractivity contribution in [1.29, 1.82) is 0 Å². The summed E-state index contributed by atoms with van der Waals surface area (Å²) >= 11 is 3.28. The normalized spacial score (nSPS) is 14.0. The predicted molar refractivity (Wildman–Crippen MR) is 97.7 cm³/mol. The van der Waals surface area contributed by atoms with Crippen LogP contribution in [0.4, 0.5) is 0 Å². The Morgan fingerprint density at radius 1 is 1.38 bits per heavy atom. The highest BCUT2D eigenvalue weighted by Crippen LogP contribution is 2.17. The summed E-state index contributed by atoms with van der Waals surface area (Å²) in [7, 11) is -0.640. The summed E-state index contributed by atoms with van der Waals surface area (Å²) in [6, 6.07) is 0. The van der Waals surface area contributed by atoms with E-state index in [9.17, 15) is 8.42 Å². The van der Waals surface area contributed by atoms with E-state index < -0.39 is 10.2 Å². The molecule has 0 aromatic heterocycles. The van der Waals surface area contributed by atoms with Gasteiger partial charge in [0.15, 0.2) is 0 Å². The zero-order valence-corrected chi connectivity index (χ0v) is 16.5. The largest absolute Gasteiger partial charge is 0.474 e. The summed E-state index contributed by atoms with van der Waals surface area (Å²) < 4.78 is 39.5. The van der Waals surface area contributed by atoms with Gasteiger partial charge in [0.05, 0.1) is 11.1 Å². The Morgan fingerprint density at radius 2 is 2.08 bits per heavy atom. The van der Waals surface area contributed by atoms with Crippen LogP contribution in [0.1, 0.15) is 19.8 Å². The van der Waals surface area contributed by atoms with Gasteiger partial charge in [-0.25, -0.2) is 4.99 Å². The number of aliphatic hydroxyl groups is 1. The Labute approximate surface area is 151 Å². The van der Waals surface area contributed by atoms with E-state index in [1.165, 1.54) is 13.4 Å². The van der Waals surface area contributed by atoms with E-state index in [-0.39, 0.29) is 25.7 Å². The third-order valence-corrected chi connectivity index (χ3v) is 4.42. The highest BCUT2D eigenvalue weighted by atomic mass is 79.9. The molecular formula is C13H25BrN4O5S. The van der Waals surface area contributed by atoms with Crippen LogP contribution in [0.2, 0.25) is 0 Å². The number of hydrogen-bond acceptors (Lipinski definition) is 6. The molecule has 24 heavy (non-hydrogen) atoms. The molecule has 9 nitrogen and oxygen atoms in total. The standard InChI is InChI=1S/C13H25BrN4O5S/c1-4-11(18-24(20,21)17-6-5-8-22-3)12(14)13(16-10-15-2)23-9-7-19/h10,17-19H,4-9H2,1-3H3/b12-11-,15-10?,16-13?. The number of hydrogen-bond donors (Lipinski definition) is 3. The van der Waals surface area contributed by atoms with Crippen LogP contribution in [-0.4, -0.2) is 66.3 Å². The maximum absolute atomic E-state index is 12.1. The highest BCUT2D eigenvalue weighted by Gasteiger charge is 2.16. The van der Waals surface area contributed by atoms with Gasteiger partial charge in [-0.15, -0.1) is 0 Å². The Bertz CT molecular complexity index is 549. The first-order valence-electron chi connectivity index (χ1n) is 7.29. The van der Waals surface area contributed by atoms with Gasteiger partial charge in [0.25, 0.3) is 10.2 Å². The summed E-state index contributed by atoms with van der Waals surface area (Å²) in [6.07, 6.45) is 2.20. The average Bonchev–Trinajstić information content (AvgIpc) is 2.56. The van der Waals surface area contributed by atoms with Gasteiger partial charge in [-0.2, -0.15) is 13.1 Å². The zero-order chi connectivity index (χ0) is 18.4. The van der Waals surface area contributed by atoms with Gasteiger partial charge < -0.3 is 14.6 Å². The van der Waals surface area contributed by atoms with Crippen molar-refractivity contribution in [3.05, 3.63) is 10.2 Å². The molecule has 0 aromatic rings. The molecule has 0 saturated heterocycles. The second kappa shape index (κ2) is 13.3. The van der Waals surface area contributed by atoms with Crippen LogP contribution >= 0.6 is 15.9 Å². The summed E-state index contributed by atoms with van der Waals surface area (Å²) in [5.74, 6) is 0.119. The lowest BCUT2D eigenvalue weighted by atomic mass is 10.3. The van der Waals surface area contributed by atoms with Crippen LogP contribution in [0, 0.1) is 0 Å². The monoisotopic (exact) mass is 428 g/mol. The van der Waals surface area contributed by atoms with Crippen LogP contribution < -0.4 is 9.44 Å². The molecule has 0 atom stereocenters. The molecule has 0 saturated carbocycles. The molecule has 3 N–H and O–H groups in total. The van der Waals surface area contributed by atoms with E-state index in [4.69, 9.17) is 14.6 Å². The average molecular weight is 429 g/mol. The van der Waals surface area contributed by atoms with Crippen LogP contribution in [0.5, 0.6) is 0 Å². The maximum atomic E-state index is 12.1. The number of nitrogens with one attached hydrogen (secondary N) is 2. The van der Waals surface area contributed by atoms with E-state index >= 15 is 0 Å². The fraction of sp³-hybridized carbons (Fsp3) is 0.692. The number of aliphatic hydroxyl groups excluding tert-OH is 1. The van der Waals surface area contributed by atoms with Crippen molar-refractivity contribution in [3.63, 3.8) is 0 Å². The van der Waals surface area contributed by atoms with Crippen molar-refractivity contribution < 1.29 is 23.0 Å². The summed E-state index contributed by atoms with van der Waals surface area (Å²) in [6.45, 7) is 2.32. The third kappa shape index (κ3) is 9.98. The number of halogens is 1. The number of ether oxygens (including phenoxy) is 2. The molecule has 0 aromatic carbocycles. The van der Waals surface area contributed by atoms with Gasteiger partial charge in [-0.1, -0.05) is 6.92 Å². The molecule has 0 unspecified atom stereocenters. The molecule has 0 aliphatic heterocycles. The van der Waals surface area contributed by atoms with E-state index in [1.54, 1.807) is 14.0 Å². The Balaban J connectivity index is 5.17. The van der Waals surface area contributed by atoms with Crippen LogP contribution in [0.15, 0.2) is 20.2 Å². The predicted octanol–water partition coefficient (Wildman–Crippen LogP) is 0.529. The molecule has 0 amide bonds. The lowest BCUT2D eigenvalue weighted by Gasteiger charge is -2.15. The minimum Gasteiger partial charge on any atom is -0.474 e. The maximum Gasteiger partial charge on any atom is 0.298 e. The van der Waals surface area contributed by atoms with Crippen molar-refractivity contribution >= 4 is 38.4 Å². The molecule has 0 aliphatic carbocycles. The van der Waals surface area contributed by atoms with Crippen molar-refractivity contribution in [2.75, 3.05) is 40.5 Å². The second-order valence-electron chi connectivity index (χ2n) is 4.37. The third-order valence-electron chi connectivity index (χ3n) is 2.50. The molecule has 0 aliphatic rings. The van der Waals surface area contributed by atoms with Crippen LogP contribution in [0.25, 0.3) is 0 Å². The summed E-state index contributed by atoms with van der Waals surface area (Å²) in [5, 5.41) is 8.87. The van der Waals surface area contributed by atoms with Gasteiger partial charge >= 0.3 is 0 Å². The number of rotatable bonds is 12. The SMILES string of the molecule is CC/C(NS(=O)(=O)NCCCOC)=C(/Br)C(=NC=NC)OCCO. The number of aliphatic imine (C=N–C) groups is 2. The van der Waals surface area contributed by atoms with E-state index in [0.29, 0.717) is 29.6 Å². The molecule has 0 fully saturated rings. The van der Waals surface area contributed by atoms with E-state index in [0.717, 1.165) is 0 Å². The summed E-state index contributed by atoms with van der Waals surface area (Å²) in [5.41, 5.74) is 0.357. The minimum absolute atomic E-state index is 0.0184. The molecule has 0 bridgehead atoms. The summed E-state index contributed by atoms with van der Waals surface area (Å²) in [4.78, 5) is 7.70. The Hall–Kier alpha value is -1.01. The van der Waals surface area contributed by atoms with Crippen molar-refractivity contribution in [2.24, 2.45) is 9.98 Å². The van der Waals surface area contributed by atoms with Gasteiger partial charge in [-0.05, 0) is 28.8 Å². The minimum atomic E-state index is -3.73. The van der Waals surface area contributed by atoms with Gasteiger partial charge in [0.2, 0.25) is 5.90 Å². The Morgan fingerprint density at radius 3 is 2.62 bits per heavy atom. The van der Waals surface area contributed by atoms with Gasteiger partial charge in [0, 0.05) is 33.0 Å².